The highest BCUT2D eigenvalue weighted by Crippen LogP contribution is 2.16. The van der Waals surface area contributed by atoms with Crippen molar-refractivity contribution in [3.8, 4) is 0 Å². The van der Waals surface area contributed by atoms with Crippen molar-refractivity contribution in [2.75, 3.05) is 0 Å². The van der Waals surface area contributed by atoms with E-state index < -0.39 is 23.7 Å². The lowest BCUT2D eigenvalue weighted by atomic mass is 10.0. The number of hydrogen-bond acceptors (Lipinski definition) is 2. The summed E-state index contributed by atoms with van der Waals surface area (Å²) in [5, 5.41) is 5.51. The first-order valence-electron chi connectivity index (χ1n) is 8.86. The zero-order chi connectivity index (χ0) is 20.0. The fourth-order valence-corrected chi connectivity index (χ4v) is 2.71. The molecule has 0 aliphatic heterocycles. The molecule has 0 fully saturated rings. The monoisotopic (exact) mass is 374 g/mol. The average Bonchev–Trinajstić information content (AvgIpc) is 2.62. The number of carbonyl (C=O) groups is 2. The number of halogens is 2. The lowest BCUT2D eigenvalue weighted by Crippen LogP contribution is -2.50. The predicted octanol–water partition coefficient (Wildman–Crippen LogP) is 3.53. The molecule has 0 bridgehead atoms. The van der Waals surface area contributed by atoms with Crippen molar-refractivity contribution < 1.29 is 18.4 Å². The summed E-state index contributed by atoms with van der Waals surface area (Å²) in [5.74, 6) is -2.67. The van der Waals surface area contributed by atoms with Crippen molar-refractivity contribution in [1.29, 1.82) is 0 Å². The standard InChI is InChI=1S/C21H24F2N2O2/c1-13(2)20(25-19(26)11-15-7-5-4-6-8-15)21(27)24-14(3)16-9-10-17(22)18(23)12-16/h4-10,12-14,20H,11H2,1-3H3,(H,24,27)(H,25,26)/t14-,20+/m1/s1. The number of amides is 2. The molecule has 2 N–H and O–H groups in total. The van der Waals surface area contributed by atoms with E-state index in [1.807, 2.05) is 44.2 Å². The fourth-order valence-electron chi connectivity index (χ4n) is 2.71. The highest BCUT2D eigenvalue weighted by molar-refractivity contribution is 5.88. The largest absolute Gasteiger partial charge is 0.348 e. The first kappa shape index (κ1) is 20.6. The highest BCUT2D eigenvalue weighted by Gasteiger charge is 2.25. The molecule has 2 aromatic carbocycles. The molecule has 0 aromatic heterocycles. The molecule has 2 atom stereocenters. The van der Waals surface area contributed by atoms with E-state index in [9.17, 15) is 18.4 Å². The third kappa shape index (κ3) is 5.88. The fraction of sp³-hybridized carbons (Fsp3) is 0.333. The summed E-state index contributed by atoms with van der Waals surface area (Å²) in [6, 6.07) is 11.5. The van der Waals surface area contributed by atoms with Gasteiger partial charge in [0.15, 0.2) is 11.6 Å². The highest BCUT2D eigenvalue weighted by atomic mass is 19.2. The predicted molar refractivity (Wildman–Crippen MR) is 99.8 cm³/mol. The molecule has 6 heteroatoms. The Morgan fingerprint density at radius 1 is 0.926 bits per heavy atom. The van der Waals surface area contributed by atoms with Gasteiger partial charge in [-0.15, -0.1) is 0 Å². The SMILES string of the molecule is CC(C)[C@H](NC(=O)Cc1ccccc1)C(=O)N[C@H](C)c1ccc(F)c(F)c1. The number of hydrogen-bond donors (Lipinski definition) is 2. The first-order chi connectivity index (χ1) is 12.8. The van der Waals surface area contributed by atoms with Crippen molar-refractivity contribution in [3.63, 3.8) is 0 Å². The number of nitrogens with one attached hydrogen (secondary N) is 2. The molecule has 2 aromatic rings. The Morgan fingerprint density at radius 3 is 2.19 bits per heavy atom. The maximum Gasteiger partial charge on any atom is 0.243 e. The van der Waals surface area contributed by atoms with E-state index in [2.05, 4.69) is 10.6 Å². The minimum atomic E-state index is -0.967. The summed E-state index contributed by atoms with van der Waals surface area (Å²) in [6.45, 7) is 5.33. The molecular weight excluding hydrogens is 350 g/mol. The van der Waals surface area contributed by atoms with E-state index in [0.29, 0.717) is 5.56 Å². The quantitative estimate of drug-likeness (QED) is 0.779. The summed E-state index contributed by atoms with van der Waals surface area (Å²) in [5.41, 5.74) is 1.30. The van der Waals surface area contributed by atoms with Crippen LogP contribution in [0.15, 0.2) is 48.5 Å². The Morgan fingerprint density at radius 2 is 1.59 bits per heavy atom. The van der Waals surface area contributed by atoms with Crippen molar-refractivity contribution >= 4 is 11.8 Å². The van der Waals surface area contributed by atoms with Gasteiger partial charge < -0.3 is 10.6 Å². The van der Waals surface area contributed by atoms with Crippen LogP contribution in [0.1, 0.15) is 37.9 Å². The van der Waals surface area contributed by atoms with Crippen molar-refractivity contribution in [2.24, 2.45) is 5.92 Å². The lowest BCUT2D eigenvalue weighted by Gasteiger charge is -2.24. The minimum Gasteiger partial charge on any atom is -0.348 e. The zero-order valence-corrected chi connectivity index (χ0v) is 15.6. The molecule has 0 heterocycles. The third-order valence-electron chi connectivity index (χ3n) is 4.28. The van der Waals surface area contributed by atoms with Gasteiger partial charge in [0.1, 0.15) is 6.04 Å². The molecule has 2 amide bonds. The molecule has 0 spiro atoms. The summed E-state index contributed by atoms with van der Waals surface area (Å²) in [7, 11) is 0. The second-order valence-corrected chi connectivity index (χ2v) is 6.86. The van der Waals surface area contributed by atoms with Gasteiger partial charge in [0.2, 0.25) is 11.8 Å². The van der Waals surface area contributed by atoms with E-state index in [-0.39, 0.29) is 24.2 Å². The van der Waals surface area contributed by atoms with Gasteiger partial charge in [0.25, 0.3) is 0 Å². The van der Waals surface area contributed by atoms with Crippen molar-refractivity contribution in [1.82, 2.24) is 10.6 Å². The van der Waals surface area contributed by atoms with Crippen LogP contribution < -0.4 is 10.6 Å². The molecule has 0 aliphatic carbocycles. The lowest BCUT2D eigenvalue weighted by molar-refractivity contribution is -0.130. The van der Waals surface area contributed by atoms with E-state index in [1.54, 1.807) is 6.92 Å². The molecule has 27 heavy (non-hydrogen) atoms. The van der Waals surface area contributed by atoms with Gasteiger partial charge in [-0.2, -0.15) is 0 Å². The Bertz CT molecular complexity index is 794. The van der Waals surface area contributed by atoms with Gasteiger partial charge in [-0.3, -0.25) is 9.59 Å². The van der Waals surface area contributed by atoms with Gasteiger partial charge in [-0.25, -0.2) is 8.78 Å². The first-order valence-corrected chi connectivity index (χ1v) is 8.86. The average molecular weight is 374 g/mol. The van der Waals surface area contributed by atoms with Gasteiger partial charge in [0.05, 0.1) is 12.5 Å². The number of rotatable bonds is 7. The van der Waals surface area contributed by atoms with Crippen LogP contribution in [0.5, 0.6) is 0 Å². The molecule has 2 rings (SSSR count). The van der Waals surface area contributed by atoms with Crippen LogP contribution >= 0.6 is 0 Å². The van der Waals surface area contributed by atoms with E-state index in [4.69, 9.17) is 0 Å². The van der Waals surface area contributed by atoms with E-state index >= 15 is 0 Å². The van der Waals surface area contributed by atoms with Crippen LogP contribution in [0, 0.1) is 17.6 Å². The van der Waals surface area contributed by atoms with E-state index in [1.165, 1.54) is 6.07 Å². The maximum atomic E-state index is 13.4. The number of carbonyl (C=O) groups excluding carboxylic acids is 2. The summed E-state index contributed by atoms with van der Waals surface area (Å²) >= 11 is 0. The van der Waals surface area contributed by atoms with Crippen LogP contribution in [0.3, 0.4) is 0 Å². The van der Waals surface area contributed by atoms with Crippen LogP contribution in [-0.4, -0.2) is 17.9 Å². The molecule has 4 nitrogen and oxygen atoms in total. The Balaban J connectivity index is 2.01. The van der Waals surface area contributed by atoms with Crippen LogP contribution in [0.25, 0.3) is 0 Å². The van der Waals surface area contributed by atoms with Gasteiger partial charge in [-0.05, 0) is 36.1 Å². The third-order valence-corrected chi connectivity index (χ3v) is 4.28. The second kappa shape index (κ2) is 9.26. The zero-order valence-electron chi connectivity index (χ0n) is 15.6. The van der Waals surface area contributed by atoms with Crippen LogP contribution in [0.4, 0.5) is 8.78 Å². The molecular formula is C21H24F2N2O2. The van der Waals surface area contributed by atoms with Crippen molar-refractivity contribution in [2.45, 2.75) is 39.3 Å². The molecule has 0 radical (unpaired) electrons. The smallest absolute Gasteiger partial charge is 0.243 e. The van der Waals surface area contributed by atoms with Gasteiger partial charge in [-0.1, -0.05) is 50.2 Å². The normalized spacial score (nSPS) is 13.1. The summed E-state index contributed by atoms with van der Waals surface area (Å²) < 4.78 is 26.5. The van der Waals surface area contributed by atoms with Gasteiger partial charge in [0, 0.05) is 0 Å². The Labute approximate surface area is 158 Å². The molecule has 144 valence electrons. The second-order valence-electron chi connectivity index (χ2n) is 6.86. The van der Waals surface area contributed by atoms with Crippen molar-refractivity contribution in [3.05, 3.63) is 71.3 Å². The topological polar surface area (TPSA) is 58.2 Å². The summed E-state index contributed by atoms with van der Waals surface area (Å²) in [6.07, 6.45) is 0.177. The van der Waals surface area contributed by atoms with Crippen LogP contribution in [-0.2, 0) is 16.0 Å². The number of benzene rings is 2. The van der Waals surface area contributed by atoms with Gasteiger partial charge >= 0.3 is 0 Å². The molecule has 0 aliphatic rings. The molecule has 0 saturated heterocycles. The minimum absolute atomic E-state index is 0.137. The summed E-state index contributed by atoms with van der Waals surface area (Å²) in [4.78, 5) is 24.9. The van der Waals surface area contributed by atoms with E-state index in [0.717, 1.165) is 17.7 Å². The Hall–Kier alpha value is -2.76. The van der Waals surface area contributed by atoms with Crippen LogP contribution in [0.2, 0.25) is 0 Å². The maximum absolute atomic E-state index is 13.4. The molecule has 0 unspecified atom stereocenters. The molecule has 0 saturated carbocycles. The Kier molecular flexibility index (Phi) is 7.05.